The molecule has 4 nitrogen and oxygen atoms in total. The molecule has 0 spiro atoms. The number of hydrogen-bond donors (Lipinski definition) is 1. The molecule has 2 rings (SSSR count). The van der Waals surface area contributed by atoms with E-state index in [2.05, 4.69) is 48.0 Å². The van der Waals surface area contributed by atoms with Gasteiger partial charge in [-0.1, -0.05) is 6.07 Å². The lowest BCUT2D eigenvalue weighted by atomic mass is 10.1. The molecular formula is C12H16N4. The van der Waals surface area contributed by atoms with Crippen LogP contribution >= 0.6 is 0 Å². The summed E-state index contributed by atoms with van der Waals surface area (Å²) in [5.41, 5.74) is 7.69. The van der Waals surface area contributed by atoms with Gasteiger partial charge in [0.05, 0.1) is 5.52 Å². The second-order valence-electron chi connectivity index (χ2n) is 4.19. The lowest BCUT2D eigenvalue weighted by Crippen LogP contribution is -2.16. The summed E-state index contributed by atoms with van der Waals surface area (Å²) in [5, 5.41) is 1.03. The molecule has 0 saturated heterocycles. The molecule has 2 aromatic rings. The average molecular weight is 216 g/mol. The van der Waals surface area contributed by atoms with E-state index in [0.717, 1.165) is 10.9 Å². The predicted octanol–water partition coefficient (Wildman–Crippen LogP) is 1.83. The Morgan fingerprint density at radius 1 is 1.31 bits per heavy atom. The van der Waals surface area contributed by atoms with Crippen molar-refractivity contribution in [2.45, 2.75) is 13.0 Å². The first kappa shape index (κ1) is 10.8. The van der Waals surface area contributed by atoms with Crippen LogP contribution in [0, 0.1) is 0 Å². The van der Waals surface area contributed by atoms with Crippen LogP contribution in [0.4, 0.5) is 5.95 Å². The average Bonchev–Trinajstić information content (AvgIpc) is 2.27. The van der Waals surface area contributed by atoms with E-state index in [-0.39, 0.29) is 0 Å². The van der Waals surface area contributed by atoms with Gasteiger partial charge in [0.2, 0.25) is 5.95 Å². The quantitative estimate of drug-likeness (QED) is 0.832. The van der Waals surface area contributed by atoms with Crippen LogP contribution in [0.2, 0.25) is 0 Å². The normalized spacial score (nSPS) is 13.2. The minimum Gasteiger partial charge on any atom is -0.368 e. The molecule has 1 unspecified atom stereocenters. The molecule has 16 heavy (non-hydrogen) atoms. The number of aromatic nitrogens is 2. The Morgan fingerprint density at radius 2 is 2.06 bits per heavy atom. The lowest BCUT2D eigenvalue weighted by molar-refractivity contribution is 0.321. The minimum atomic E-state index is 0.320. The fraction of sp³-hybridized carbons (Fsp3) is 0.333. The van der Waals surface area contributed by atoms with E-state index in [1.165, 1.54) is 5.56 Å². The van der Waals surface area contributed by atoms with E-state index >= 15 is 0 Å². The lowest BCUT2D eigenvalue weighted by Gasteiger charge is -2.20. The number of rotatable bonds is 2. The summed E-state index contributed by atoms with van der Waals surface area (Å²) < 4.78 is 0. The van der Waals surface area contributed by atoms with Crippen molar-refractivity contribution in [3.63, 3.8) is 0 Å². The van der Waals surface area contributed by atoms with Crippen LogP contribution in [0.3, 0.4) is 0 Å². The first-order chi connectivity index (χ1) is 7.58. The molecule has 0 aliphatic carbocycles. The zero-order chi connectivity index (χ0) is 11.7. The molecule has 1 aromatic heterocycles. The van der Waals surface area contributed by atoms with Gasteiger partial charge in [0.1, 0.15) is 0 Å². The minimum absolute atomic E-state index is 0.320. The summed E-state index contributed by atoms with van der Waals surface area (Å²) in [6.07, 6.45) is 1.77. The fourth-order valence-corrected chi connectivity index (χ4v) is 1.62. The number of hydrogen-bond acceptors (Lipinski definition) is 4. The Morgan fingerprint density at radius 3 is 2.75 bits per heavy atom. The van der Waals surface area contributed by atoms with Gasteiger partial charge in [-0.3, -0.25) is 0 Å². The standard InChI is InChI=1S/C12H16N4/c1-8(16(2)3)9-4-5-11-10(6-9)7-14-12(13)15-11/h4-8H,1-3H3,(H2,13,14,15). The van der Waals surface area contributed by atoms with Crippen LogP contribution in [0.1, 0.15) is 18.5 Å². The molecule has 0 bridgehead atoms. The van der Waals surface area contributed by atoms with Crippen molar-refractivity contribution in [3.05, 3.63) is 30.0 Å². The van der Waals surface area contributed by atoms with Crippen molar-refractivity contribution >= 4 is 16.9 Å². The van der Waals surface area contributed by atoms with E-state index in [1.807, 2.05) is 6.07 Å². The molecule has 0 fully saturated rings. The Kier molecular flexibility index (Phi) is 2.75. The maximum absolute atomic E-state index is 5.54. The third kappa shape index (κ3) is 1.97. The van der Waals surface area contributed by atoms with Crippen LogP contribution in [0.5, 0.6) is 0 Å². The number of benzene rings is 1. The molecule has 0 radical (unpaired) electrons. The van der Waals surface area contributed by atoms with E-state index < -0.39 is 0 Å². The highest BCUT2D eigenvalue weighted by molar-refractivity contribution is 5.79. The Bertz CT molecular complexity index is 507. The largest absolute Gasteiger partial charge is 0.368 e. The van der Waals surface area contributed by atoms with Crippen LogP contribution in [-0.4, -0.2) is 29.0 Å². The Labute approximate surface area is 95.1 Å². The van der Waals surface area contributed by atoms with Crippen molar-refractivity contribution in [1.82, 2.24) is 14.9 Å². The third-order valence-corrected chi connectivity index (χ3v) is 2.88. The van der Waals surface area contributed by atoms with Crippen molar-refractivity contribution in [2.75, 3.05) is 19.8 Å². The molecule has 4 heteroatoms. The van der Waals surface area contributed by atoms with Crippen molar-refractivity contribution in [2.24, 2.45) is 0 Å². The number of nitrogens with two attached hydrogens (primary N) is 1. The van der Waals surface area contributed by atoms with Crippen molar-refractivity contribution in [1.29, 1.82) is 0 Å². The summed E-state index contributed by atoms with van der Waals surface area (Å²) in [5.74, 6) is 0.320. The summed E-state index contributed by atoms with van der Waals surface area (Å²) in [7, 11) is 4.13. The summed E-state index contributed by atoms with van der Waals surface area (Å²) in [4.78, 5) is 10.3. The third-order valence-electron chi connectivity index (χ3n) is 2.88. The van der Waals surface area contributed by atoms with Gasteiger partial charge in [-0.2, -0.15) is 0 Å². The zero-order valence-corrected chi connectivity index (χ0v) is 9.81. The van der Waals surface area contributed by atoms with Gasteiger partial charge in [0.25, 0.3) is 0 Å². The molecule has 2 N–H and O–H groups in total. The van der Waals surface area contributed by atoms with E-state index in [1.54, 1.807) is 6.20 Å². The SMILES string of the molecule is CC(c1ccc2nc(N)ncc2c1)N(C)C. The Hall–Kier alpha value is -1.68. The molecule has 1 atom stereocenters. The highest BCUT2D eigenvalue weighted by Gasteiger charge is 2.08. The number of nitrogens with zero attached hydrogens (tertiary/aromatic N) is 3. The molecule has 0 aliphatic rings. The van der Waals surface area contributed by atoms with Gasteiger partial charge >= 0.3 is 0 Å². The summed E-state index contributed by atoms with van der Waals surface area (Å²) in [6.45, 7) is 2.17. The van der Waals surface area contributed by atoms with Gasteiger partial charge in [0, 0.05) is 17.6 Å². The number of nitrogen functional groups attached to an aromatic ring is 1. The summed E-state index contributed by atoms with van der Waals surface area (Å²) in [6, 6.07) is 6.56. The van der Waals surface area contributed by atoms with Crippen LogP contribution < -0.4 is 5.73 Å². The van der Waals surface area contributed by atoms with E-state index in [0.29, 0.717) is 12.0 Å². The van der Waals surface area contributed by atoms with E-state index in [9.17, 15) is 0 Å². The topological polar surface area (TPSA) is 55.0 Å². The van der Waals surface area contributed by atoms with Crippen molar-refractivity contribution in [3.8, 4) is 0 Å². The predicted molar refractivity (Wildman–Crippen MR) is 66.1 cm³/mol. The van der Waals surface area contributed by atoms with Crippen molar-refractivity contribution < 1.29 is 0 Å². The molecular weight excluding hydrogens is 200 g/mol. The van der Waals surface area contributed by atoms with Gasteiger partial charge in [0.15, 0.2) is 0 Å². The molecule has 0 amide bonds. The number of anilines is 1. The smallest absolute Gasteiger partial charge is 0.220 e. The number of fused-ring (bicyclic) bond motifs is 1. The van der Waals surface area contributed by atoms with Gasteiger partial charge in [-0.05, 0) is 38.7 Å². The molecule has 0 aliphatic heterocycles. The van der Waals surface area contributed by atoms with Gasteiger partial charge in [-0.25, -0.2) is 9.97 Å². The zero-order valence-electron chi connectivity index (χ0n) is 9.81. The molecule has 84 valence electrons. The van der Waals surface area contributed by atoms with Gasteiger partial charge in [-0.15, -0.1) is 0 Å². The van der Waals surface area contributed by atoms with E-state index in [4.69, 9.17) is 5.73 Å². The molecule has 0 saturated carbocycles. The maximum Gasteiger partial charge on any atom is 0.220 e. The maximum atomic E-state index is 5.54. The first-order valence-electron chi connectivity index (χ1n) is 5.26. The monoisotopic (exact) mass is 216 g/mol. The molecule has 1 heterocycles. The fourth-order valence-electron chi connectivity index (χ4n) is 1.62. The Balaban J connectivity index is 2.48. The van der Waals surface area contributed by atoms with Crippen LogP contribution in [0.15, 0.2) is 24.4 Å². The highest BCUT2D eigenvalue weighted by Crippen LogP contribution is 2.21. The van der Waals surface area contributed by atoms with Gasteiger partial charge < -0.3 is 10.6 Å². The van der Waals surface area contributed by atoms with Crippen LogP contribution in [0.25, 0.3) is 10.9 Å². The molecule has 1 aromatic carbocycles. The second-order valence-corrected chi connectivity index (χ2v) is 4.19. The second kappa shape index (κ2) is 4.06. The highest BCUT2D eigenvalue weighted by atomic mass is 15.1. The summed E-state index contributed by atoms with van der Waals surface area (Å²) >= 11 is 0. The first-order valence-corrected chi connectivity index (χ1v) is 5.26. The van der Waals surface area contributed by atoms with Crippen LogP contribution in [-0.2, 0) is 0 Å².